The molecule has 0 unspecified atom stereocenters. The molecule has 0 aliphatic heterocycles. The largest absolute Gasteiger partial charge is 0.224 e. The van der Waals surface area contributed by atoms with Crippen LogP contribution in [0.5, 0.6) is 0 Å². The molecule has 0 fully saturated rings. The number of rotatable bonds is 4. The standard InChI is InChI=1S/C9H11BrO2S2/c1-14(11,12)9-4-2-8(3-5-9)13-7-6-10/h2-5H,6-7H2,1H3. The van der Waals surface area contributed by atoms with E-state index in [1.165, 1.54) is 6.26 Å². The number of hydrogen-bond acceptors (Lipinski definition) is 3. The Morgan fingerprint density at radius 1 is 1.29 bits per heavy atom. The molecule has 0 saturated heterocycles. The van der Waals surface area contributed by atoms with E-state index >= 15 is 0 Å². The Bertz CT molecular complexity index is 384. The molecule has 0 bridgehead atoms. The minimum Gasteiger partial charge on any atom is -0.224 e. The normalized spacial score (nSPS) is 11.6. The van der Waals surface area contributed by atoms with Crippen LogP contribution in [0, 0.1) is 0 Å². The van der Waals surface area contributed by atoms with Gasteiger partial charge in [0, 0.05) is 22.2 Å². The lowest BCUT2D eigenvalue weighted by molar-refractivity contribution is 0.602. The van der Waals surface area contributed by atoms with Gasteiger partial charge in [-0.25, -0.2) is 8.42 Å². The molecule has 0 N–H and O–H groups in total. The van der Waals surface area contributed by atoms with Crippen LogP contribution >= 0.6 is 27.7 Å². The van der Waals surface area contributed by atoms with Gasteiger partial charge in [-0.05, 0) is 24.3 Å². The van der Waals surface area contributed by atoms with Crippen LogP contribution in [0.4, 0.5) is 0 Å². The third-order valence-electron chi connectivity index (χ3n) is 1.60. The summed E-state index contributed by atoms with van der Waals surface area (Å²) in [5, 5.41) is 0.936. The van der Waals surface area contributed by atoms with Crippen LogP contribution in [-0.2, 0) is 9.84 Å². The first kappa shape index (κ1) is 12.1. The minimum absolute atomic E-state index is 0.376. The van der Waals surface area contributed by atoms with Crippen LogP contribution in [-0.4, -0.2) is 25.8 Å². The first-order chi connectivity index (χ1) is 6.54. The van der Waals surface area contributed by atoms with E-state index < -0.39 is 9.84 Å². The summed E-state index contributed by atoms with van der Waals surface area (Å²) in [6.45, 7) is 0. The fourth-order valence-electron chi connectivity index (χ4n) is 0.939. The average Bonchev–Trinajstić information content (AvgIpc) is 2.14. The van der Waals surface area contributed by atoms with Crippen molar-refractivity contribution in [2.24, 2.45) is 0 Å². The number of sulfone groups is 1. The van der Waals surface area contributed by atoms with E-state index in [4.69, 9.17) is 0 Å². The van der Waals surface area contributed by atoms with E-state index in [0.29, 0.717) is 4.90 Å². The van der Waals surface area contributed by atoms with Gasteiger partial charge in [-0.2, -0.15) is 0 Å². The lowest BCUT2D eigenvalue weighted by Crippen LogP contribution is -1.96. The SMILES string of the molecule is CS(=O)(=O)c1ccc(SCCBr)cc1. The Labute approximate surface area is 97.1 Å². The molecule has 0 saturated carbocycles. The molecule has 78 valence electrons. The maximum atomic E-state index is 11.1. The van der Waals surface area contributed by atoms with Gasteiger partial charge >= 0.3 is 0 Å². The maximum Gasteiger partial charge on any atom is 0.175 e. The van der Waals surface area contributed by atoms with Gasteiger partial charge in [-0.1, -0.05) is 15.9 Å². The van der Waals surface area contributed by atoms with E-state index in [9.17, 15) is 8.42 Å². The predicted octanol–water partition coefficient (Wildman–Crippen LogP) is 2.58. The quantitative estimate of drug-likeness (QED) is 0.632. The zero-order valence-corrected chi connectivity index (χ0v) is 11.0. The summed E-state index contributed by atoms with van der Waals surface area (Å²) < 4.78 is 22.3. The summed E-state index contributed by atoms with van der Waals surface area (Å²) in [5.74, 6) is 0.984. The highest BCUT2D eigenvalue weighted by Crippen LogP contribution is 2.20. The fraction of sp³-hybridized carbons (Fsp3) is 0.333. The molecule has 1 aromatic rings. The summed E-state index contributed by atoms with van der Waals surface area (Å²) in [7, 11) is -3.06. The van der Waals surface area contributed by atoms with Gasteiger partial charge in [-0.3, -0.25) is 0 Å². The number of hydrogen-bond donors (Lipinski definition) is 0. The molecule has 1 rings (SSSR count). The van der Waals surface area contributed by atoms with E-state index in [0.717, 1.165) is 16.0 Å². The molecule has 0 atom stereocenters. The van der Waals surface area contributed by atoms with E-state index in [1.807, 2.05) is 12.1 Å². The highest BCUT2D eigenvalue weighted by Gasteiger charge is 2.05. The molecular formula is C9H11BrO2S2. The zero-order valence-electron chi connectivity index (χ0n) is 7.73. The first-order valence-electron chi connectivity index (χ1n) is 4.03. The van der Waals surface area contributed by atoms with Gasteiger partial charge in [-0.15, -0.1) is 11.8 Å². The van der Waals surface area contributed by atoms with Crippen molar-refractivity contribution in [1.82, 2.24) is 0 Å². The highest BCUT2D eigenvalue weighted by atomic mass is 79.9. The van der Waals surface area contributed by atoms with Gasteiger partial charge in [0.1, 0.15) is 0 Å². The lowest BCUT2D eigenvalue weighted by Gasteiger charge is -2.01. The molecular weight excluding hydrogens is 284 g/mol. The maximum absolute atomic E-state index is 11.1. The molecule has 1 aromatic carbocycles. The molecule has 0 aromatic heterocycles. The van der Waals surface area contributed by atoms with Gasteiger partial charge in [0.25, 0.3) is 0 Å². The van der Waals surface area contributed by atoms with E-state index in [-0.39, 0.29) is 0 Å². The predicted molar refractivity (Wildman–Crippen MR) is 64.1 cm³/mol. The zero-order chi connectivity index (χ0) is 10.6. The highest BCUT2D eigenvalue weighted by molar-refractivity contribution is 9.09. The number of thioether (sulfide) groups is 1. The summed E-state index contributed by atoms with van der Waals surface area (Å²) in [5.41, 5.74) is 0. The summed E-state index contributed by atoms with van der Waals surface area (Å²) in [6, 6.07) is 6.96. The van der Waals surface area contributed by atoms with Crippen LogP contribution in [0.25, 0.3) is 0 Å². The van der Waals surface area contributed by atoms with Crippen LogP contribution in [0.2, 0.25) is 0 Å². The van der Waals surface area contributed by atoms with Crippen LogP contribution in [0.15, 0.2) is 34.1 Å². The first-order valence-corrected chi connectivity index (χ1v) is 8.03. The third kappa shape index (κ3) is 3.63. The van der Waals surface area contributed by atoms with E-state index in [1.54, 1.807) is 23.9 Å². The van der Waals surface area contributed by atoms with Crippen molar-refractivity contribution in [2.75, 3.05) is 17.3 Å². The Morgan fingerprint density at radius 2 is 1.86 bits per heavy atom. The lowest BCUT2D eigenvalue weighted by atomic mass is 10.4. The van der Waals surface area contributed by atoms with Crippen molar-refractivity contribution in [3.63, 3.8) is 0 Å². The summed E-state index contributed by atoms with van der Waals surface area (Å²) in [4.78, 5) is 1.47. The van der Waals surface area contributed by atoms with Crippen molar-refractivity contribution in [3.05, 3.63) is 24.3 Å². The molecule has 5 heteroatoms. The van der Waals surface area contributed by atoms with Gasteiger partial charge in [0.15, 0.2) is 9.84 Å². The van der Waals surface area contributed by atoms with Crippen LogP contribution in [0.1, 0.15) is 0 Å². The van der Waals surface area contributed by atoms with E-state index in [2.05, 4.69) is 15.9 Å². The second-order valence-corrected chi connectivity index (χ2v) is 6.76. The molecule has 0 radical (unpaired) electrons. The minimum atomic E-state index is -3.06. The molecule has 0 heterocycles. The third-order valence-corrected chi connectivity index (χ3v) is 4.66. The fourth-order valence-corrected chi connectivity index (χ4v) is 2.70. The number of benzene rings is 1. The van der Waals surface area contributed by atoms with Crippen molar-refractivity contribution >= 4 is 37.5 Å². The monoisotopic (exact) mass is 294 g/mol. The van der Waals surface area contributed by atoms with Crippen molar-refractivity contribution in [2.45, 2.75) is 9.79 Å². The molecule has 2 nitrogen and oxygen atoms in total. The van der Waals surface area contributed by atoms with Crippen molar-refractivity contribution in [3.8, 4) is 0 Å². The molecule has 14 heavy (non-hydrogen) atoms. The topological polar surface area (TPSA) is 34.1 Å². The summed E-state index contributed by atoms with van der Waals surface area (Å²) >= 11 is 5.03. The van der Waals surface area contributed by atoms with Gasteiger partial charge in [0.05, 0.1) is 4.90 Å². The van der Waals surface area contributed by atoms with Crippen molar-refractivity contribution in [1.29, 1.82) is 0 Å². The van der Waals surface area contributed by atoms with Crippen LogP contribution in [0.3, 0.4) is 0 Å². The Morgan fingerprint density at radius 3 is 2.29 bits per heavy atom. The molecule has 0 aliphatic rings. The molecule has 0 amide bonds. The summed E-state index contributed by atoms with van der Waals surface area (Å²) in [6.07, 6.45) is 1.22. The second kappa shape index (κ2) is 5.19. The molecule has 0 spiro atoms. The Balaban J connectivity index is 2.79. The average molecular weight is 295 g/mol. The van der Waals surface area contributed by atoms with Gasteiger partial charge in [0.2, 0.25) is 0 Å². The number of halogens is 1. The Hall–Kier alpha value is -0.000000000000000111. The molecule has 0 aliphatic carbocycles. The smallest absolute Gasteiger partial charge is 0.175 e. The van der Waals surface area contributed by atoms with Crippen molar-refractivity contribution < 1.29 is 8.42 Å². The second-order valence-electron chi connectivity index (χ2n) is 2.78. The Kier molecular flexibility index (Phi) is 4.47. The van der Waals surface area contributed by atoms with Gasteiger partial charge < -0.3 is 0 Å². The van der Waals surface area contributed by atoms with Crippen LogP contribution < -0.4 is 0 Å². The number of alkyl halides is 1.